The zero-order valence-corrected chi connectivity index (χ0v) is 20.6. The number of nitrogens with zero attached hydrogens (tertiary/aromatic N) is 3. The van der Waals surface area contributed by atoms with Gasteiger partial charge in [0.25, 0.3) is 5.69 Å². The number of aliphatic imine (C=N–C) groups is 1. The highest BCUT2D eigenvalue weighted by Crippen LogP contribution is 2.41. The number of allylic oxidation sites excluding steroid dienone is 2. The molecule has 2 aromatic rings. The molecule has 0 aromatic heterocycles. The molecule has 0 saturated heterocycles. The van der Waals surface area contributed by atoms with Crippen LogP contribution in [0, 0.1) is 10.1 Å². The molecule has 0 radical (unpaired) electrons. The number of non-ortho nitro benzene ring substituents is 1. The van der Waals surface area contributed by atoms with E-state index in [0.29, 0.717) is 41.4 Å². The first-order valence-corrected chi connectivity index (χ1v) is 11.6. The molecule has 36 heavy (non-hydrogen) atoms. The van der Waals surface area contributed by atoms with Gasteiger partial charge in [0.2, 0.25) is 5.90 Å². The van der Waals surface area contributed by atoms with Crippen LogP contribution in [0.1, 0.15) is 30.9 Å². The van der Waals surface area contributed by atoms with Crippen LogP contribution < -0.4 is 10.6 Å². The first-order valence-electron chi connectivity index (χ1n) is 11.6. The van der Waals surface area contributed by atoms with Crippen molar-refractivity contribution in [3.05, 3.63) is 98.4 Å². The van der Waals surface area contributed by atoms with E-state index < -0.39 is 16.8 Å². The minimum absolute atomic E-state index is 0.0713. The average Bonchev–Trinajstić information content (AvgIpc) is 3.25. The van der Waals surface area contributed by atoms with E-state index in [1.807, 2.05) is 44.3 Å². The van der Waals surface area contributed by atoms with Crippen molar-refractivity contribution in [3.63, 3.8) is 0 Å². The van der Waals surface area contributed by atoms with Crippen molar-refractivity contribution in [2.24, 2.45) is 4.99 Å². The molecule has 0 aliphatic carbocycles. The summed E-state index contributed by atoms with van der Waals surface area (Å²) in [5, 5.41) is 19.7. The quantitative estimate of drug-likeness (QED) is 0.328. The lowest BCUT2D eigenvalue weighted by molar-refractivity contribution is -0.384. The number of rotatable bonds is 8. The molecular formula is C26H29N5O5. The number of methoxy groups -OCH3 is 1. The second-order valence-electron chi connectivity index (χ2n) is 8.60. The third-order valence-electron chi connectivity index (χ3n) is 6.18. The lowest BCUT2D eigenvalue weighted by Crippen LogP contribution is -2.36. The first-order chi connectivity index (χ1) is 17.3. The zero-order valence-electron chi connectivity index (χ0n) is 20.6. The number of ether oxygens (including phenoxy) is 1. The lowest BCUT2D eigenvalue weighted by atomic mass is 9.80. The van der Waals surface area contributed by atoms with Crippen LogP contribution in [0.4, 0.5) is 5.69 Å². The van der Waals surface area contributed by atoms with Crippen LogP contribution in [0.3, 0.4) is 0 Å². The largest absolute Gasteiger partial charge is 0.466 e. The highest BCUT2D eigenvalue weighted by Gasteiger charge is 2.41. The van der Waals surface area contributed by atoms with Gasteiger partial charge in [-0.3, -0.25) is 10.1 Å². The minimum Gasteiger partial charge on any atom is -0.466 e. The fourth-order valence-electron chi connectivity index (χ4n) is 4.55. The van der Waals surface area contributed by atoms with Gasteiger partial charge >= 0.3 is 5.97 Å². The summed E-state index contributed by atoms with van der Waals surface area (Å²) in [6.45, 7) is 4.69. The Morgan fingerprint density at radius 3 is 2.61 bits per heavy atom. The van der Waals surface area contributed by atoms with E-state index >= 15 is 0 Å². The SMILES string of the molecule is CNCC1N=C(C2=C(C)NC(C)=C(C(=O)OC)C2c2cccc([N+](=O)[O-])c2)ON1Cc1ccccc1. The van der Waals surface area contributed by atoms with Gasteiger partial charge in [-0.2, -0.15) is 0 Å². The maximum Gasteiger partial charge on any atom is 0.336 e. The molecule has 2 aliphatic heterocycles. The maximum atomic E-state index is 12.9. The molecule has 2 aliphatic rings. The molecule has 0 saturated carbocycles. The molecule has 2 unspecified atom stereocenters. The summed E-state index contributed by atoms with van der Waals surface area (Å²) in [5.41, 5.74) is 3.86. The van der Waals surface area contributed by atoms with E-state index in [1.165, 1.54) is 19.2 Å². The van der Waals surface area contributed by atoms with Gasteiger partial charge in [-0.15, -0.1) is 5.06 Å². The Labute approximate surface area is 209 Å². The first kappa shape index (κ1) is 25.1. The molecule has 10 nitrogen and oxygen atoms in total. The Kier molecular flexibility index (Phi) is 7.47. The van der Waals surface area contributed by atoms with E-state index in [1.54, 1.807) is 24.1 Å². The average molecular weight is 492 g/mol. The second kappa shape index (κ2) is 10.7. The molecular weight excluding hydrogens is 462 g/mol. The van der Waals surface area contributed by atoms with Gasteiger partial charge in [0.15, 0.2) is 6.17 Å². The fourth-order valence-corrected chi connectivity index (χ4v) is 4.55. The summed E-state index contributed by atoms with van der Waals surface area (Å²) in [6.07, 6.45) is -0.315. The van der Waals surface area contributed by atoms with Gasteiger partial charge in [0.1, 0.15) is 0 Å². The standard InChI is InChI=1S/C26H29N5O5/c1-16-22(25-29-21(14-27-3)30(36-25)15-18-9-6-5-7-10-18)24(23(17(2)28-16)26(32)35-4)19-11-8-12-20(13-19)31(33)34/h5-13,21,24,27-28H,14-15H2,1-4H3. The summed E-state index contributed by atoms with van der Waals surface area (Å²) >= 11 is 0. The van der Waals surface area contributed by atoms with Gasteiger partial charge in [-0.05, 0) is 32.0 Å². The number of carbonyl (C=O) groups excluding carboxylic acids is 1. The van der Waals surface area contributed by atoms with Gasteiger partial charge in [0, 0.05) is 35.6 Å². The predicted molar refractivity (Wildman–Crippen MR) is 135 cm³/mol. The van der Waals surface area contributed by atoms with Crippen molar-refractivity contribution in [2.45, 2.75) is 32.5 Å². The number of benzene rings is 2. The summed E-state index contributed by atoms with van der Waals surface area (Å²) in [4.78, 5) is 35.2. The van der Waals surface area contributed by atoms with E-state index in [0.717, 1.165) is 11.3 Å². The van der Waals surface area contributed by atoms with Crippen molar-refractivity contribution in [2.75, 3.05) is 20.7 Å². The van der Waals surface area contributed by atoms with Crippen molar-refractivity contribution in [3.8, 4) is 0 Å². The van der Waals surface area contributed by atoms with Gasteiger partial charge < -0.3 is 20.2 Å². The number of dihydropyridines is 1. The van der Waals surface area contributed by atoms with Crippen LogP contribution >= 0.6 is 0 Å². The van der Waals surface area contributed by atoms with E-state index in [4.69, 9.17) is 14.6 Å². The molecule has 10 heteroatoms. The van der Waals surface area contributed by atoms with E-state index in [2.05, 4.69) is 10.6 Å². The molecule has 2 heterocycles. The topological polar surface area (TPSA) is 118 Å². The van der Waals surface area contributed by atoms with Crippen molar-refractivity contribution < 1.29 is 19.3 Å². The number of likely N-dealkylation sites (N-methyl/N-ethyl adjacent to an activating group) is 1. The van der Waals surface area contributed by atoms with Crippen molar-refractivity contribution >= 4 is 17.6 Å². The molecule has 0 spiro atoms. The fraction of sp³-hybridized carbons (Fsp3) is 0.308. The molecule has 0 bridgehead atoms. The highest BCUT2D eigenvalue weighted by molar-refractivity contribution is 6.02. The number of nitro benzene ring substituents is 1. The van der Waals surface area contributed by atoms with Gasteiger partial charge in [-0.25, -0.2) is 9.79 Å². The molecule has 0 fully saturated rings. The number of esters is 1. The molecule has 2 N–H and O–H groups in total. The zero-order chi connectivity index (χ0) is 25.8. The molecule has 2 aromatic carbocycles. The normalized spacial score (nSPS) is 20.1. The van der Waals surface area contributed by atoms with Crippen LogP contribution in [0.2, 0.25) is 0 Å². The molecule has 188 valence electrons. The van der Waals surface area contributed by atoms with Crippen molar-refractivity contribution in [1.29, 1.82) is 0 Å². The second-order valence-corrected chi connectivity index (χ2v) is 8.60. The third kappa shape index (κ3) is 5.00. The molecule has 2 atom stereocenters. The van der Waals surface area contributed by atoms with Crippen LogP contribution in [-0.4, -0.2) is 48.7 Å². The maximum absolute atomic E-state index is 12.9. The van der Waals surface area contributed by atoms with Crippen LogP contribution in [-0.2, 0) is 20.9 Å². The minimum atomic E-state index is -0.677. The van der Waals surface area contributed by atoms with Crippen molar-refractivity contribution in [1.82, 2.24) is 15.7 Å². The highest BCUT2D eigenvalue weighted by atomic mass is 16.7. The number of hydrogen-bond donors (Lipinski definition) is 2. The van der Waals surface area contributed by atoms with Crippen LogP contribution in [0.25, 0.3) is 0 Å². The Morgan fingerprint density at radius 2 is 1.94 bits per heavy atom. The van der Waals surface area contributed by atoms with Gasteiger partial charge in [-0.1, -0.05) is 42.5 Å². The van der Waals surface area contributed by atoms with Gasteiger partial charge in [0.05, 0.1) is 30.1 Å². The van der Waals surface area contributed by atoms with Crippen LogP contribution in [0.5, 0.6) is 0 Å². The Hall–Kier alpha value is -4.02. The van der Waals surface area contributed by atoms with E-state index in [9.17, 15) is 14.9 Å². The summed E-state index contributed by atoms with van der Waals surface area (Å²) < 4.78 is 5.10. The monoisotopic (exact) mass is 491 g/mol. The summed E-state index contributed by atoms with van der Waals surface area (Å²) in [6, 6.07) is 16.2. The Morgan fingerprint density at radius 1 is 1.19 bits per heavy atom. The Bertz CT molecular complexity index is 1250. The third-order valence-corrected chi connectivity index (χ3v) is 6.18. The van der Waals surface area contributed by atoms with E-state index in [-0.39, 0.29) is 11.9 Å². The number of carbonyl (C=O) groups is 1. The Balaban J connectivity index is 1.79. The number of hydroxylamine groups is 2. The predicted octanol–water partition coefficient (Wildman–Crippen LogP) is 3.39. The summed E-state index contributed by atoms with van der Waals surface area (Å²) in [7, 11) is 3.15. The number of hydrogen-bond acceptors (Lipinski definition) is 9. The number of nitro groups is 1. The van der Waals surface area contributed by atoms with Crippen LogP contribution in [0.15, 0.2) is 82.1 Å². The lowest BCUT2D eigenvalue weighted by Gasteiger charge is -2.31. The molecule has 0 amide bonds. The molecule has 4 rings (SSSR count). The number of nitrogens with one attached hydrogen (secondary N) is 2. The smallest absolute Gasteiger partial charge is 0.336 e. The summed E-state index contributed by atoms with van der Waals surface area (Å²) in [5.74, 6) is -0.862.